The summed E-state index contributed by atoms with van der Waals surface area (Å²) in [5, 5.41) is 3.03. The van der Waals surface area contributed by atoms with Crippen LogP contribution in [-0.4, -0.2) is 44.0 Å². The van der Waals surface area contributed by atoms with E-state index in [9.17, 15) is 4.79 Å². The molecule has 7 heteroatoms. The van der Waals surface area contributed by atoms with Gasteiger partial charge in [-0.25, -0.2) is 19.7 Å². The number of amides is 2. The molecule has 1 saturated carbocycles. The third-order valence-corrected chi connectivity index (χ3v) is 4.96. The molecule has 2 N–H and O–H groups in total. The zero-order chi connectivity index (χ0) is 17.1. The van der Waals surface area contributed by atoms with Crippen LogP contribution in [0.4, 0.5) is 4.79 Å². The van der Waals surface area contributed by atoms with Crippen LogP contribution in [0.2, 0.25) is 0 Å². The van der Waals surface area contributed by atoms with Crippen LogP contribution >= 0.6 is 0 Å². The van der Waals surface area contributed by atoms with Crippen molar-refractivity contribution in [2.24, 2.45) is 0 Å². The van der Waals surface area contributed by atoms with E-state index in [1.807, 2.05) is 23.5 Å². The van der Waals surface area contributed by atoms with Gasteiger partial charge in [-0.2, -0.15) is 0 Å². The van der Waals surface area contributed by atoms with Crippen molar-refractivity contribution in [1.29, 1.82) is 0 Å². The minimum atomic E-state index is -0.0170. The lowest BCUT2D eigenvalue weighted by Crippen LogP contribution is -2.45. The molecule has 2 aliphatic rings. The molecule has 1 aliphatic carbocycles. The molecule has 0 aromatic carbocycles. The van der Waals surface area contributed by atoms with Crippen molar-refractivity contribution in [2.75, 3.05) is 13.1 Å². The van der Waals surface area contributed by atoms with E-state index in [1.54, 1.807) is 6.20 Å². The van der Waals surface area contributed by atoms with E-state index in [2.05, 4.69) is 25.3 Å². The molecule has 2 fully saturated rings. The molecule has 0 spiro atoms. The van der Waals surface area contributed by atoms with Gasteiger partial charge in [0, 0.05) is 43.8 Å². The molecule has 2 amide bonds. The standard InChI is InChI=1S/C18H24N6O/c25-18(24-10-2-1-3-15(24)17-19-8-9-20-17)21-7-6-13-11-22-16(23-12-13)14-4-5-14/h8-9,11-12,14-15H,1-7,10H2,(H,19,20)(H,21,25). The lowest BCUT2D eigenvalue weighted by Gasteiger charge is -2.34. The van der Waals surface area contributed by atoms with Crippen LogP contribution in [0, 0.1) is 0 Å². The van der Waals surface area contributed by atoms with E-state index in [0.29, 0.717) is 12.5 Å². The third-order valence-electron chi connectivity index (χ3n) is 4.96. The Hall–Kier alpha value is -2.44. The van der Waals surface area contributed by atoms with E-state index in [-0.39, 0.29) is 12.1 Å². The average molecular weight is 340 g/mol. The Labute approximate surface area is 147 Å². The number of aromatic amines is 1. The first kappa shape index (κ1) is 16.1. The summed E-state index contributed by atoms with van der Waals surface area (Å²) in [6.07, 6.45) is 13.6. The van der Waals surface area contributed by atoms with Crippen LogP contribution in [0.1, 0.15) is 61.3 Å². The maximum atomic E-state index is 12.6. The Bertz CT molecular complexity index is 695. The van der Waals surface area contributed by atoms with Gasteiger partial charge in [0.2, 0.25) is 0 Å². The number of H-pyrrole nitrogens is 1. The number of imidazole rings is 1. The molecule has 4 rings (SSSR count). The number of hydrogen-bond acceptors (Lipinski definition) is 4. The summed E-state index contributed by atoms with van der Waals surface area (Å²) < 4.78 is 0. The Morgan fingerprint density at radius 3 is 2.76 bits per heavy atom. The number of carbonyl (C=O) groups is 1. The highest BCUT2D eigenvalue weighted by molar-refractivity contribution is 5.74. The number of urea groups is 1. The van der Waals surface area contributed by atoms with Gasteiger partial charge in [-0.15, -0.1) is 0 Å². The summed E-state index contributed by atoms with van der Waals surface area (Å²) in [5.41, 5.74) is 1.06. The number of rotatable bonds is 5. The van der Waals surface area contributed by atoms with Crippen LogP contribution in [-0.2, 0) is 6.42 Å². The van der Waals surface area contributed by atoms with Crippen LogP contribution < -0.4 is 5.32 Å². The average Bonchev–Trinajstić information content (AvgIpc) is 3.36. The minimum absolute atomic E-state index is 0.0170. The predicted octanol–water partition coefficient (Wildman–Crippen LogP) is 2.56. The predicted molar refractivity (Wildman–Crippen MR) is 93.0 cm³/mol. The highest BCUT2D eigenvalue weighted by Crippen LogP contribution is 2.37. The first-order valence-corrected chi connectivity index (χ1v) is 9.16. The molecule has 1 unspecified atom stereocenters. The fraction of sp³-hybridized carbons (Fsp3) is 0.556. The molecule has 25 heavy (non-hydrogen) atoms. The van der Waals surface area contributed by atoms with Crippen molar-refractivity contribution in [3.8, 4) is 0 Å². The van der Waals surface area contributed by atoms with Crippen LogP contribution in [0.3, 0.4) is 0 Å². The van der Waals surface area contributed by atoms with Gasteiger partial charge in [0.1, 0.15) is 11.6 Å². The molecule has 3 heterocycles. The normalized spacial score (nSPS) is 20.5. The van der Waals surface area contributed by atoms with Crippen molar-refractivity contribution in [2.45, 2.75) is 50.5 Å². The van der Waals surface area contributed by atoms with Crippen molar-refractivity contribution in [3.05, 3.63) is 42.0 Å². The smallest absolute Gasteiger partial charge is 0.318 e. The molecule has 132 valence electrons. The van der Waals surface area contributed by atoms with Gasteiger partial charge in [-0.05, 0) is 44.1 Å². The maximum absolute atomic E-state index is 12.6. The first-order chi connectivity index (χ1) is 12.3. The number of nitrogens with one attached hydrogen (secondary N) is 2. The first-order valence-electron chi connectivity index (χ1n) is 9.16. The Kier molecular flexibility index (Phi) is 4.63. The lowest BCUT2D eigenvalue weighted by atomic mass is 10.0. The molecular formula is C18H24N6O. The lowest BCUT2D eigenvalue weighted by molar-refractivity contribution is 0.148. The number of aromatic nitrogens is 4. The quantitative estimate of drug-likeness (QED) is 0.876. The molecule has 1 saturated heterocycles. The summed E-state index contributed by atoms with van der Waals surface area (Å²) in [7, 11) is 0. The van der Waals surface area contributed by atoms with Crippen molar-refractivity contribution in [3.63, 3.8) is 0 Å². The van der Waals surface area contributed by atoms with Crippen LogP contribution in [0.5, 0.6) is 0 Å². The highest BCUT2D eigenvalue weighted by atomic mass is 16.2. The second-order valence-corrected chi connectivity index (χ2v) is 6.89. The Morgan fingerprint density at radius 2 is 2.04 bits per heavy atom. The Morgan fingerprint density at radius 1 is 1.20 bits per heavy atom. The summed E-state index contributed by atoms with van der Waals surface area (Å²) in [5.74, 6) is 2.41. The zero-order valence-corrected chi connectivity index (χ0v) is 14.3. The van der Waals surface area contributed by atoms with Gasteiger partial charge in [0.05, 0.1) is 6.04 Å². The number of piperidine rings is 1. The molecular weight excluding hydrogens is 316 g/mol. The molecule has 7 nitrogen and oxygen atoms in total. The van der Waals surface area contributed by atoms with Gasteiger partial charge < -0.3 is 15.2 Å². The fourth-order valence-electron chi connectivity index (χ4n) is 3.38. The van der Waals surface area contributed by atoms with E-state index in [1.165, 1.54) is 12.8 Å². The number of nitrogens with zero attached hydrogens (tertiary/aromatic N) is 4. The Balaban J connectivity index is 1.30. The van der Waals surface area contributed by atoms with Gasteiger partial charge in [-0.3, -0.25) is 0 Å². The van der Waals surface area contributed by atoms with E-state index in [4.69, 9.17) is 0 Å². The molecule has 0 radical (unpaired) electrons. The van der Waals surface area contributed by atoms with Crippen LogP contribution in [0.15, 0.2) is 24.8 Å². The van der Waals surface area contributed by atoms with Gasteiger partial charge in [0.15, 0.2) is 0 Å². The molecule has 0 bridgehead atoms. The van der Waals surface area contributed by atoms with Crippen molar-refractivity contribution < 1.29 is 4.79 Å². The fourth-order valence-corrected chi connectivity index (χ4v) is 3.38. The van der Waals surface area contributed by atoms with Crippen LogP contribution in [0.25, 0.3) is 0 Å². The summed E-state index contributed by atoms with van der Waals surface area (Å²) in [6.45, 7) is 1.36. The minimum Gasteiger partial charge on any atom is -0.347 e. The van der Waals surface area contributed by atoms with E-state index in [0.717, 1.165) is 49.4 Å². The topological polar surface area (TPSA) is 86.8 Å². The number of hydrogen-bond donors (Lipinski definition) is 2. The van der Waals surface area contributed by atoms with E-state index < -0.39 is 0 Å². The highest BCUT2D eigenvalue weighted by Gasteiger charge is 2.29. The van der Waals surface area contributed by atoms with Crippen molar-refractivity contribution >= 4 is 6.03 Å². The van der Waals surface area contributed by atoms with Gasteiger partial charge >= 0.3 is 6.03 Å². The second kappa shape index (κ2) is 7.21. The maximum Gasteiger partial charge on any atom is 0.318 e. The largest absolute Gasteiger partial charge is 0.347 e. The monoisotopic (exact) mass is 340 g/mol. The van der Waals surface area contributed by atoms with E-state index >= 15 is 0 Å². The van der Waals surface area contributed by atoms with Crippen molar-refractivity contribution in [1.82, 2.24) is 30.2 Å². The summed E-state index contributed by atoms with van der Waals surface area (Å²) >= 11 is 0. The van der Waals surface area contributed by atoms with Gasteiger partial charge in [-0.1, -0.05) is 0 Å². The number of carbonyl (C=O) groups excluding carboxylic acids is 1. The third kappa shape index (κ3) is 3.81. The molecule has 2 aromatic heterocycles. The summed E-state index contributed by atoms with van der Waals surface area (Å²) in [4.78, 5) is 30.8. The number of likely N-dealkylation sites (tertiary alicyclic amines) is 1. The zero-order valence-electron chi connectivity index (χ0n) is 14.3. The summed E-state index contributed by atoms with van der Waals surface area (Å²) in [6, 6.07) is 0.0292. The molecule has 1 aliphatic heterocycles. The second-order valence-electron chi connectivity index (χ2n) is 6.89. The SMILES string of the molecule is O=C(NCCc1cnc(C2CC2)nc1)N1CCCCC1c1ncc[nH]1. The van der Waals surface area contributed by atoms with Gasteiger partial charge in [0.25, 0.3) is 0 Å². The molecule has 1 atom stereocenters. The molecule has 2 aromatic rings.